The van der Waals surface area contributed by atoms with E-state index in [1.165, 1.54) is 11.8 Å². The van der Waals surface area contributed by atoms with Crippen LogP contribution in [-0.4, -0.2) is 21.5 Å². The number of hydrogen-bond acceptors (Lipinski definition) is 5. The van der Waals surface area contributed by atoms with Crippen LogP contribution in [0.5, 0.6) is 11.5 Å². The highest BCUT2D eigenvalue weighted by molar-refractivity contribution is 8.13. The van der Waals surface area contributed by atoms with Gasteiger partial charge in [-0.15, -0.1) is 11.8 Å². The van der Waals surface area contributed by atoms with Crippen molar-refractivity contribution in [2.75, 3.05) is 13.0 Å². The maximum atomic E-state index is 11.1. The molecule has 0 aliphatic carbocycles. The molecule has 1 aromatic carbocycles. The van der Waals surface area contributed by atoms with Crippen LogP contribution in [0.3, 0.4) is 0 Å². The zero-order valence-electron chi connectivity index (χ0n) is 8.40. The molecule has 0 bridgehead atoms. The predicted octanol–water partition coefficient (Wildman–Crippen LogP) is 2.21. The van der Waals surface area contributed by atoms with Crippen LogP contribution in [0.15, 0.2) is 17.0 Å². The van der Waals surface area contributed by atoms with Gasteiger partial charge >= 0.3 is 0 Å². The molecule has 1 aliphatic rings. The molecule has 0 aromatic heterocycles. The highest BCUT2D eigenvalue weighted by Crippen LogP contribution is 2.42. The highest BCUT2D eigenvalue weighted by Gasteiger charge is 2.22. The topological polar surface area (TPSA) is 52.6 Å². The number of benzene rings is 1. The van der Waals surface area contributed by atoms with Crippen molar-refractivity contribution < 1.29 is 17.9 Å². The van der Waals surface area contributed by atoms with Gasteiger partial charge in [0.25, 0.3) is 0 Å². The van der Waals surface area contributed by atoms with Crippen LogP contribution in [0.1, 0.15) is 5.56 Å². The molecule has 7 heteroatoms. The van der Waals surface area contributed by atoms with Gasteiger partial charge in [0.1, 0.15) is 0 Å². The standard InChI is InChI=1S/C9H9ClO4S2/c1-15-9-6(4-16(10,11)12)2-3-7-8(9)14-5-13-7/h2-3H,4-5H2,1H3. The van der Waals surface area contributed by atoms with E-state index in [-0.39, 0.29) is 12.5 Å². The first-order valence-corrected chi connectivity index (χ1v) is 8.09. The normalized spacial score (nSPS) is 14.1. The van der Waals surface area contributed by atoms with E-state index in [2.05, 4.69) is 0 Å². The van der Waals surface area contributed by atoms with Crippen LogP contribution in [0.25, 0.3) is 0 Å². The minimum Gasteiger partial charge on any atom is -0.454 e. The summed E-state index contributed by atoms with van der Waals surface area (Å²) in [6.07, 6.45) is 1.85. The molecule has 4 nitrogen and oxygen atoms in total. The summed E-state index contributed by atoms with van der Waals surface area (Å²) in [4.78, 5) is 0.763. The largest absolute Gasteiger partial charge is 0.454 e. The smallest absolute Gasteiger partial charge is 0.236 e. The molecule has 88 valence electrons. The Morgan fingerprint density at radius 3 is 2.81 bits per heavy atom. The number of fused-ring (bicyclic) bond motifs is 1. The Labute approximate surface area is 102 Å². The number of hydrogen-bond donors (Lipinski definition) is 0. The molecule has 1 aliphatic heterocycles. The molecule has 0 unspecified atom stereocenters. The first kappa shape index (κ1) is 11.9. The summed E-state index contributed by atoms with van der Waals surface area (Å²) in [6, 6.07) is 3.39. The summed E-state index contributed by atoms with van der Waals surface area (Å²) < 4.78 is 32.6. The number of rotatable bonds is 3. The molecule has 0 saturated heterocycles. The van der Waals surface area contributed by atoms with Crippen molar-refractivity contribution in [3.63, 3.8) is 0 Å². The summed E-state index contributed by atoms with van der Waals surface area (Å²) in [5, 5.41) is 0. The van der Waals surface area contributed by atoms with Gasteiger partial charge in [-0.05, 0) is 17.9 Å². The van der Waals surface area contributed by atoms with E-state index >= 15 is 0 Å². The van der Waals surface area contributed by atoms with Crippen LogP contribution in [0.4, 0.5) is 0 Å². The second-order valence-corrected chi connectivity index (χ2v) is 6.77. The SMILES string of the molecule is CSc1c(CS(=O)(=O)Cl)ccc2c1OCO2. The minimum absolute atomic E-state index is 0.167. The van der Waals surface area contributed by atoms with Crippen molar-refractivity contribution in [2.45, 2.75) is 10.6 Å². The summed E-state index contributed by atoms with van der Waals surface area (Å²) >= 11 is 1.41. The molecule has 16 heavy (non-hydrogen) atoms. The first-order chi connectivity index (χ1) is 7.51. The second-order valence-electron chi connectivity index (χ2n) is 3.17. The molecule has 0 fully saturated rings. The monoisotopic (exact) mass is 280 g/mol. The number of thioether (sulfide) groups is 1. The molecule has 0 saturated carbocycles. The molecule has 0 spiro atoms. The average Bonchev–Trinajstić information content (AvgIpc) is 2.62. The van der Waals surface area contributed by atoms with Crippen LogP contribution in [0.2, 0.25) is 0 Å². The van der Waals surface area contributed by atoms with Gasteiger partial charge in [0, 0.05) is 10.7 Å². The lowest BCUT2D eigenvalue weighted by Crippen LogP contribution is -1.98. The molecular formula is C9H9ClO4S2. The Morgan fingerprint density at radius 2 is 2.19 bits per heavy atom. The summed E-state index contributed by atoms with van der Waals surface area (Å²) in [6.45, 7) is 0.167. The summed E-state index contributed by atoms with van der Waals surface area (Å²) in [5.41, 5.74) is 0.631. The van der Waals surface area contributed by atoms with Crippen molar-refractivity contribution in [1.29, 1.82) is 0 Å². The molecule has 2 rings (SSSR count). The van der Waals surface area contributed by atoms with E-state index in [4.69, 9.17) is 20.2 Å². The predicted molar refractivity (Wildman–Crippen MR) is 62.8 cm³/mol. The second kappa shape index (κ2) is 4.35. The van der Waals surface area contributed by atoms with Crippen molar-refractivity contribution in [2.24, 2.45) is 0 Å². The molecule has 1 aromatic rings. The Balaban J connectivity index is 2.47. The van der Waals surface area contributed by atoms with E-state index in [0.29, 0.717) is 17.1 Å². The molecule has 0 amide bonds. The van der Waals surface area contributed by atoms with Gasteiger partial charge in [-0.25, -0.2) is 8.42 Å². The molecular weight excluding hydrogens is 272 g/mol. The van der Waals surface area contributed by atoms with Gasteiger partial charge in [-0.2, -0.15) is 0 Å². The van der Waals surface area contributed by atoms with Crippen molar-refractivity contribution in [3.8, 4) is 11.5 Å². The van der Waals surface area contributed by atoms with Gasteiger partial charge in [0.15, 0.2) is 11.5 Å². The summed E-state index contributed by atoms with van der Waals surface area (Å²) in [7, 11) is 1.67. The number of ether oxygens (including phenoxy) is 2. The molecule has 0 atom stereocenters. The van der Waals surface area contributed by atoms with E-state index < -0.39 is 9.05 Å². The van der Waals surface area contributed by atoms with Gasteiger partial charge < -0.3 is 9.47 Å². The Hall–Kier alpha value is -0.590. The third kappa shape index (κ3) is 2.39. The van der Waals surface area contributed by atoms with Gasteiger partial charge in [0.05, 0.1) is 10.6 Å². The van der Waals surface area contributed by atoms with Crippen molar-refractivity contribution >= 4 is 31.5 Å². The quantitative estimate of drug-likeness (QED) is 0.628. The minimum atomic E-state index is -3.56. The van der Waals surface area contributed by atoms with E-state index in [1.54, 1.807) is 12.1 Å². The fraction of sp³-hybridized carbons (Fsp3) is 0.333. The van der Waals surface area contributed by atoms with E-state index in [0.717, 1.165) is 4.90 Å². The molecule has 1 heterocycles. The van der Waals surface area contributed by atoms with Crippen LogP contribution in [-0.2, 0) is 14.8 Å². The lowest BCUT2D eigenvalue weighted by molar-refractivity contribution is 0.172. The lowest BCUT2D eigenvalue weighted by Gasteiger charge is -2.08. The maximum absolute atomic E-state index is 11.1. The van der Waals surface area contributed by atoms with Crippen LogP contribution >= 0.6 is 22.4 Å². The van der Waals surface area contributed by atoms with E-state index in [1.807, 2.05) is 6.26 Å². The average molecular weight is 281 g/mol. The maximum Gasteiger partial charge on any atom is 0.236 e. The highest BCUT2D eigenvalue weighted by atomic mass is 35.7. The molecule has 0 radical (unpaired) electrons. The van der Waals surface area contributed by atoms with Gasteiger partial charge in [0.2, 0.25) is 15.8 Å². The summed E-state index contributed by atoms with van der Waals surface area (Å²) in [5.74, 6) is 1.03. The lowest BCUT2D eigenvalue weighted by atomic mass is 10.2. The Bertz CT molecular complexity index is 512. The fourth-order valence-corrected chi connectivity index (χ4v) is 3.31. The van der Waals surface area contributed by atoms with Gasteiger partial charge in [-0.1, -0.05) is 6.07 Å². The zero-order chi connectivity index (χ0) is 11.8. The van der Waals surface area contributed by atoms with Crippen LogP contribution in [0, 0.1) is 0 Å². The van der Waals surface area contributed by atoms with Crippen molar-refractivity contribution in [3.05, 3.63) is 17.7 Å². The number of halogens is 1. The Kier molecular flexibility index (Phi) is 3.23. The van der Waals surface area contributed by atoms with Crippen molar-refractivity contribution in [1.82, 2.24) is 0 Å². The third-order valence-electron chi connectivity index (χ3n) is 2.11. The first-order valence-electron chi connectivity index (χ1n) is 4.39. The third-order valence-corrected chi connectivity index (χ3v) is 3.95. The molecule has 0 N–H and O–H groups in total. The zero-order valence-corrected chi connectivity index (χ0v) is 10.8. The van der Waals surface area contributed by atoms with Gasteiger partial charge in [-0.3, -0.25) is 0 Å². The Morgan fingerprint density at radius 1 is 1.44 bits per heavy atom. The fourth-order valence-electron chi connectivity index (χ4n) is 1.51. The van der Waals surface area contributed by atoms with E-state index in [9.17, 15) is 8.42 Å². The van der Waals surface area contributed by atoms with Crippen LogP contribution < -0.4 is 9.47 Å².